The molecule has 2 aromatic carbocycles. The average molecular weight is 372 g/mol. The third-order valence-electron chi connectivity index (χ3n) is 5.13. The molecule has 0 spiro atoms. The van der Waals surface area contributed by atoms with E-state index in [-0.39, 0.29) is 17.8 Å². The van der Waals surface area contributed by atoms with Crippen molar-refractivity contribution in [2.75, 3.05) is 5.32 Å². The van der Waals surface area contributed by atoms with E-state index < -0.39 is 0 Å². The lowest BCUT2D eigenvalue weighted by atomic mass is 9.77. The first-order valence-corrected chi connectivity index (χ1v) is 8.97. The molecule has 2 aliphatic rings. The molecule has 2 aromatic rings. The number of halogens is 2. The van der Waals surface area contributed by atoms with Gasteiger partial charge in [0, 0.05) is 10.4 Å². The van der Waals surface area contributed by atoms with Crippen molar-refractivity contribution < 1.29 is 4.39 Å². The van der Waals surface area contributed by atoms with Gasteiger partial charge in [-0.25, -0.2) is 4.39 Å². The van der Waals surface area contributed by atoms with Gasteiger partial charge in [-0.05, 0) is 47.6 Å². The molecule has 1 N–H and O–H groups in total. The van der Waals surface area contributed by atoms with Crippen LogP contribution in [0, 0.1) is 11.7 Å². The fourth-order valence-corrected chi connectivity index (χ4v) is 4.36. The lowest BCUT2D eigenvalue weighted by Gasteiger charge is -2.37. The van der Waals surface area contributed by atoms with Crippen molar-refractivity contribution in [3.8, 4) is 0 Å². The van der Waals surface area contributed by atoms with Crippen molar-refractivity contribution in [1.82, 2.24) is 0 Å². The van der Waals surface area contributed by atoms with Gasteiger partial charge < -0.3 is 5.32 Å². The highest BCUT2D eigenvalue weighted by atomic mass is 79.9. The molecular formula is C20H19BrFN. The standard InChI is InChI=1S/C20H19BrFN/c1-2-12-6-8-13(9-7-12)19-16-5-3-4-15(16)17-10-14(21)11-18(22)20(17)23-19/h3-4,6-11,15-16,19,23H,2,5H2,1H3/t15-,16+,19+/m1/s1. The number of nitrogens with one attached hydrogen (secondary N) is 1. The van der Waals surface area contributed by atoms with Gasteiger partial charge >= 0.3 is 0 Å². The fraction of sp³-hybridized carbons (Fsp3) is 0.300. The minimum atomic E-state index is -0.177. The van der Waals surface area contributed by atoms with Gasteiger partial charge in [-0.1, -0.05) is 59.3 Å². The molecule has 0 bridgehead atoms. The lowest BCUT2D eigenvalue weighted by molar-refractivity contribution is 0.420. The normalized spacial score (nSPS) is 24.9. The Morgan fingerprint density at radius 3 is 2.74 bits per heavy atom. The zero-order valence-electron chi connectivity index (χ0n) is 13.0. The van der Waals surface area contributed by atoms with Crippen molar-refractivity contribution in [1.29, 1.82) is 0 Å². The first-order valence-electron chi connectivity index (χ1n) is 8.18. The number of aryl methyl sites for hydroxylation is 1. The highest BCUT2D eigenvalue weighted by molar-refractivity contribution is 9.10. The summed E-state index contributed by atoms with van der Waals surface area (Å²) >= 11 is 3.42. The van der Waals surface area contributed by atoms with E-state index in [2.05, 4.69) is 70.7 Å². The quantitative estimate of drug-likeness (QED) is 0.640. The summed E-state index contributed by atoms with van der Waals surface area (Å²) < 4.78 is 15.3. The summed E-state index contributed by atoms with van der Waals surface area (Å²) in [6.45, 7) is 2.16. The molecule has 23 heavy (non-hydrogen) atoms. The maximum atomic E-state index is 14.5. The third kappa shape index (κ3) is 2.51. The van der Waals surface area contributed by atoms with Gasteiger partial charge in [-0.3, -0.25) is 0 Å². The molecule has 0 aromatic heterocycles. The van der Waals surface area contributed by atoms with Crippen molar-refractivity contribution in [2.24, 2.45) is 5.92 Å². The highest BCUT2D eigenvalue weighted by Crippen LogP contribution is 2.51. The molecule has 118 valence electrons. The van der Waals surface area contributed by atoms with Crippen molar-refractivity contribution in [3.63, 3.8) is 0 Å². The number of allylic oxidation sites excluding steroid dienone is 2. The smallest absolute Gasteiger partial charge is 0.147 e. The van der Waals surface area contributed by atoms with Crippen LogP contribution in [0.15, 0.2) is 53.0 Å². The van der Waals surface area contributed by atoms with Crippen LogP contribution in [0.4, 0.5) is 10.1 Å². The summed E-state index contributed by atoms with van der Waals surface area (Å²) in [5.74, 6) is 0.557. The Labute approximate surface area is 144 Å². The summed E-state index contributed by atoms with van der Waals surface area (Å²) in [6.07, 6.45) is 6.55. The van der Waals surface area contributed by atoms with E-state index >= 15 is 0 Å². The summed E-state index contributed by atoms with van der Waals surface area (Å²) in [5, 5.41) is 3.48. The molecule has 0 unspecified atom stereocenters. The van der Waals surface area contributed by atoms with Gasteiger partial charge in [0.25, 0.3) is 0 Å². The second-order valence-electron chi connectivity index (χ2n) is 6.42. The van der Waals surface area contributed by atoms with E-state index in [1.807, 2.05) is 0 Å². The van der Waals surface area contributed by atoms with Gasteiger partial charge in [0.1, 0.15) is 5.82 Å². The van der Waals surface area contributed by atoms with Gasteiger partial charge in [0.15, 0.2) is 0 Å². The van der Waals surface area contributed by atoms with Crippen molar-refractivity contribution in [3.05, 3.63) is 75.5 Å². The third-order valence-corrected chi connectivity index (χ3v) is 5.59. The average Bonchev–Trinajstić information content (AvgIpc) is 3.04. The Morgan fingerprint density at radius 1 is 1.22 bits per heavy atom. The second kappa shape index (κ2) is 5.79. The lowest BCUT2D eigenvalue weighted by Crippen LogP contribution is -2.29. The molecule has 0 saturated heterocycles. The van der Waals surface area contributed by atoms with Crippen LogP contribution >= 0.6 is 15.9 Å². The van der Waals surface area contributed by atoms with E-state index in [0.29, 0.717) is 11.6 Å². The first kappa shape index (κ1) is 14.9. The van der Waals surface area contributed by atoms with Crippen molar-refractivity contribution >= 4 is 21.6 Å². The number of fused-ring (bicyclic) bond motifs is 3. The predicted octanol–water partition coefficient (Wildman–Crippen LogP) is 5.98. The van der Waals surface area contributed by atoms with Crippen LogP contribution in [-0.4, -0.2) is 0 Å². The van der Waals surface area contributed by atoms with Crippen LogP contribution in [0.5, 0.6) is 0 Å². The zero-order chi connectivity index (χ0) is 16.0. The van der Waals surface area contributed by atoms with Crippen LogP contribution in [0.1, 0.15) is 42.0 Å². The van der Waals surface area contributed by atoms with E-state index in [9.17, 15) is 4.39 Å². The van der Waals surface area contributed by atoms with Crippen LogP contribution in [0.2, 0.25) is 0 Å². The predicted molar refractivity (Wildman–Crippen MR) is 96.3 cm³/mol. The van der Waals surface area contributed by atoms with E-state index in [0.717, 1.165) is 22.9 Å². The monoisotopic (exact) mass is 371 g/mol. The second-order valence-corrected chi connectivity index (χ2v) is 7.34. The Balaban J connectivity index is 1.78. The van der Waals surface area contributed by atoms with E-state index in [1.54, 1.807) is 6.07 Å². The number of anilines is 1. The van der Waals surface area contributed by atoms with Crippen LogP contribution in [0.3, 0.4) is 0 Å². The fourth-order valence-electron chi connectivity index (χ4n) is 3.91. The molecule has 3 heteroatoms. The molecule has 0 fully saturated rings. The van der Waals surface area contributed by atoms with E-state index in [4.69, 9.17) is 0 Å². The minimum Gasteiger partial charge on any atom is -0.375 e. The summed E-state index contributed by atoms with van der Waals surface area (Å²) in [6, 6.07) is 12.5. The minimum absolute atomic E-state index is 0.157. The molecule has 1 nitrogen and oxygen atoms in total. The molecule has 4 rings (SSSR count). The molecule has 0 radical (unpaired) electrons. The molecule has 0 amide bonds. The van der Waals surface area contributed by atoms with Crippen LogP contribution < -0.4 is 5.32 Å². The Kier molecular flexibility index (Phi) is 3.76. The molecule has 0 saturated carbocycles. The summed E-state index contributed by atoms with van der Waals surface area (Å²) in [5.41, 5.74) is 4.30. The number of rotatable bonds is 2. The maximum absolute atomic E-state index is 14.5. The van der Waals surface area contributed by atoms with Crippen LogP contribution in [0.25, 0.3) is 0 Å². The number of hydrogen-bond acceptors (Lipinski definition) is 1. The van der Waals surface area contributed by atoms with Gasteiger partial charge in [-0.2, -0.15) is 0 Å². The highest BCUT2D eigenvalue weighted by Gasteiger charge is 2.39. The summed E-state index contributed by atoms with van der Waals surface area (Å²) in [4.78, 5) is 0. The molecular weight excluding hydrogens is 353 g/mol. The topological polar surface area (TPSA) is 12.0 Å². The zero-order valence-corrected chi connectivity index (χ0v) is 14.6. The Hall–Kier alpha value is -1.61. The molecule has 1 heterocycles. The van der Waals surface area contributed by atoms with Gasteiger partial charge in [-0.15, -0.1) is 0 Å². The van der Waals surface area contributed by atoms with Crippen molar-refractivity contribution in [2.45, 2.75) is 31.7 Å². The van der Waals surface area contributed by atoms with Gasteiger partial charge in [0.2, 0.25) is 0 Å². The number of hydrogen-bond donors (Lipinski definition) is 1. The maximum Gasteiger partial charge on any atom is 0.147 e. The molecule has 1 aliphatic heterocycles. The largest absolute Gasteiger partial charge is 0.375 e. The van der Waals surface area contributed by atoms with E-state index in [1.165, 1.54) is 11.1 Å². The molecule has 1 aliphatic carbocycles. The molecule has 3 atom stereocenters. The Morgan fingerprint density at radius 2 is 2.00 bits per heavy atom. The first-order chi connectivity index (χ1) is 11.2. The number of benzene rings is 2. The van der Waals surface area contributed by atoms with Gasteiger partial charge in [0.05, 0.1) is 11.7 Å². The summed E-state index contributed by atoms with van der Waals surface area (Å²) in [7, 11) is 0. The Bertz CT molecular complexity index is 766. The SMILES string of the molecule is CCc1ccc([C@@H]2Nc3c(F)cc(Br)cc3[C@@H]3C=CC[C@@H]32)cc1. The van der Waals surface area contributed by atoms with Crippen LogP contribution in [-0.2, 0) is 6.42 Å².